The van der Waals surface area contributed by atoms with Crippen molar-refractivity contribution in [1.29, 1.82) is 0 Å². The molecule has 1 fully saturated rings. The minimum atomic E-state index is 0.147. The number of hydrogen-bond acceptors (Lipinski definition) is 6. The number of nitrogens with one attached hydrogen (secondary N) is 1. The van der Waals surface area contributed by atoms with Crippen LogP contribution in [0, 0.1) is 0 Å². The molecule has 2 unspecified atom stereocenters. The quantitative estimate of drug-likeness (QED) is 0.793. The van der Waals surface area contributed by atoms with E-state index in [2.05, 4.69) is 34.1 Å². The molecule has 0 saturated heterocycles. The van der Waals surface area contributed by atoms with Crippen molar-refractivity contribution in [3.05, 3.63) is 6.33 Å². The van der Waals surface area contributed by atoms with Crippen molar-refractivity contribution in [3.8, 4) is 0 Å². The Morgan fingerprint density at radius 2 is 2.05 bits per heavy atom. The fourth-order valence-corrected chi connectivity index (χ4v) is 2.89. The third-order valence-electron chi connectivity index (χ3n) is 4.14. The van der Waals surface area contributed by atoms with Gasteiger partial charge in [0.05, 0.1) is 6.33 Å². The molecule has 7 nitrogen and oxygen atoms in total. The monoisotopic (exact) mass is 289 g/mol. The van der Waals surface area contributed by atoms with E-state index < -0.39 is 0 Å². The van der Waals surface area contributed by atoms with Crippen LogP contribution in [0.15, 0.2) is 6.33 Å². The van der Waals surface area contributed by atoms with Gasteiger partial charge in [0.25, 0.3) is 0 Å². The molecule has 5 N–H and O–H groups in total. The molecule has 2 atom stereocenters. The molecule has 7 heteroatoms. The van der Waals surface area contributed by atoms with Crippen molar-refractivity contribution in [2.24, 2.45) is 5.73 Å². The van der Waals surface area contributed by atoms with Crippen LogP contribution >= 0.6 is 0 Å². The van der Waals surface area contributed by atoms with Crippen LogP contribution in [0.25, 0.3) is 11.2 Å². The van der Waals surface area contributed by atoms with E-state index in [9.17, 15) is 0 Å². The van der Waals surface area contributed by atoms with Gasteiger partial charge in [-0.25, -0.2) is 4.98 Å². The van der Waals surface area contributed by atoms with Crippen LogP contribution in [0.1, 0.15) is 45.6 Å². The second kappa shape index (κ2) is 5.48. The lowest BCUT2D eigenvalue weighted by molar-refractivity contribution is 0.402. The molecule has 2 aromatic heterocycles. The zero-order valence-electron chi connectivity index (χ0n) is 12.6. The van der Waals surface area contributed by atoms with E-state index in [0.717, 1.165) is 18.5 Å². The summed E-state index contributed by atoms with van der Waals surface area (Å²) in [6.07, 6.45) is 6.23. The van der Waals surface area contributed by atoms with Crippen LogP contribution in [0.2, 0.25) is 0 Å². The lowest BCUT2D eigenvalue weighted by Crippen LogP contribution is -2.43. The summed E-state index contributed by atoms with van der Waals surface area (Å²) in [4.78, 5) is 13.2. The molecule has 2 aromatic rings. The first-order valence-corrected chi connectivity index (χ1v) is 7.58. The Labute approximate surface area is 124 Å². The van der Waals surface area contributed by atoms with Crippen molar-refractivity contribution in [3.63, 3.8) is 0 Å². The summed E-state index contributed by atoms with van der Waals surface area (Å²) in [6, 6.07) is 0.634. The van der Waals surface area contributed by atoms with Crippen LogP contribution in [0.4, 0.5) is 11.8 Å². The number of nitrogens with two attached hydrogens (primary N) is 2. The van der Waals surface area contributed by atoms with Crippen molar-refractivity contribution in [2.75, 3.05) is 11.1 Å². The number of fused-ring (bicyclic) bond motifs is 1. The second-order valence-corrected chi connectivity index (χ2v) is 6.05. The number of nitrogens with zero attached hydrogens (tertiary/aromatic N) is 4. The highest BCUT2D eigenvalue weighted by Gasteiger charge is 2.23. The molecule has 0 aromatic carbocycles. The minimum absolute atomic E-state index is 0.147. The lowest BCUT2D eigenvalue weighted by atomic mass is 9.91. The maximum atomic E-state index is 6.17. The first kappa shape index (κ1) is 14.1. The highest BCUT2D eigenvalue weighted by atomic mass is 15.2. The molecule has 0 amide bonds. The maximum absolute atomic E-state index is 6.17. The maximum Gasteiger partial charge on any atom is 0.227 e. The number of nitrogen functional groups attached to an aromatic ring is 1. The summed E-state index contributed by atoms with van der Waals surface area (Å²) in [5, 5.41) is 3.35. The molecular formula is C14H23N7. The molecule has 1 aliphatic rings. The predicted molar refractivity (Wildman–Crippen MR) is 84.0 cm³/mol. The number of hydrogen-bond donors (Lipinski definition) is 3. The summed E-state index contributed by atoms with van der Waals surface area (Å²) < 4.78 is 2.00. The van der Waals surface area contributed by atoms with Gasteiger partial charge in [-0.3, -0.25) is 0 Å². The smallest absolute Gasteiger partial charge is 0.227 e. The zero-order chi connectivity index (χ0) is 15.0. The lowest BCUT2D eigenvalue weighted by Gasteiger charge is -2.29. The fourth-order valence-electron chi connectivity index (χ4n) is 2.89. The number of imidazole rings is 1. The van der Waals surface area contributed by atoms with Gasteiger partial charge in [-0.1, -0.05) is 12.8 Å². The second-order valence-electron chi connectivity index (χ2n) is 6.05. The van der Waals surface area contributed by atoms with E-state index >= 15 is 0 Å². The van der Waals surface area contributed by atoms with Gasteiger partial charge in [-0.05, 0) is 26.7 Å². The van der Waals surface area contributed by atoms with Gasteiger partial charge in [0.2, 0.25) is 5.95 Å². The van der Waals surface area contributed by atoms with Gasteiger partial charge in [0, 0.05) is 18.1 Å². The van der Waals surface area contributed by atoms with Gasteiger partial charge in [-0.2, -0.15) is 9.97 Å². The largest absolute Gasteiger partial charge is 0.382 e. The summed E-state index contributed by atoms with van der Waals surface area (Å²) in [5.41, 5.74) is 13.6. The van der Waals surface area contributed by atoms with Crippen molar-refractivity contribution in [2.45, 2.75) is 57.7 Å². The Morgan fingerprint density at radius 1 is 1.29 bits per heavy atom. The average molecular weight is 289 g/mol. The Bertz CT molecular complexity index is 634. The molecular weight excluding hydrogens is 266 g/mol. The molecule has 0 bridgehead atoms. The molecule has 21 heavy (non-hydrogen) atoms. The minimum Gasteiger partial charge on any atom is -0.382 e. The van der Waals surface area contributed by atoms with Crippen LogP contribution in [-0.4, -0.2) is 31.6 Å². The van der Waals surface area contributed by atoms with Gasteiger partial charge in [0.1, 0.15) is 5.52 Å². The van der Waals surface area contributed by atoms with Gasteiger partial charge < -0.3 is 21.4 Å². The standard InChI is InChI=1S/C14H23N7/c1-8(2)21-7-17-11-12(16)19-14(20-13(11)21)18-10-6-4-3-5-9(10)15/h7-10H,3-6,15H2,1-2H3,(H3,16,18,19,20). The molecule has 0 aliphatic heterocycles. The SMILES string of the molecule is CC(C)n1cnc2c(N)nc(NC3CCCCC3N)nc21. The molecule has 1 aliphatic carbocycles. The molecule has 1 saturated carbocycles. The topological polar surface area (TPSA) is 108 Å². The van der Waals surface area contributed by atoms with Crippen molar-refractivity contribution >= 4 is 22.9 Å². The average Bonchev–Trinajstić information content (AvgIpc) is 2.86. The first-order valence-electron chi connectivity index (χ1n) is 7.58. The van der Waals surface area contributed by atoms with E-state index in [4.69, 9.17) is 11.5 Å². The van der Waals surface area contributed by atoms with Gasteiger partial charge in [-0.15, -0.1) is 0 Å². The highest BCUT2D eigenvalue weighted by Crippen LogP contribution is 2.24. The zero-order valence-corrected chi connectivity index (χ0v) is 12.6. The Kier molecular flexibility index (Phi) is 3.67. The highest BCUT2D eigenvalue weighted by molar-refractivity contribution is 5.83. The fraction of sp³-hybridized carbons (Fsp3) is 0.643. The molecule has 2 heterocycles. The van der Waals surface area contributed by atoms with Crippen LogP contribution in [0.3, 0.4) is 0 Å². The molecule has 0 radical (unpaired) electrons. The number of aromatic nitrogens is 4. The van der Waals surface area contributed by atoms with Crippen LogP contribution < -0.4 is 16.8 Å². The summed E-state index contributed by atoms with van der Waals surface area (Å²) in [7, 11) is 0. The van der Waals surface area contributed by atoms with Crippen molar-refractivity contribution < 1.29 is 0 Å². The van der Waals surface area contributed by atoms with Crippen LogP contribution in [0.5, 0.6) is 0 Å². The number of rotatable bonds is 3. The van der Waals surface area contributed by atoms with E-state index in [1.165, 1.54) is 12.8 Å². The van der Waals surface area contributed by atoms with E-state index in [-0.39, 0.29) is 18.1 Å². The molecule has 114 valence electrons. The van der Waals surface area contributed by atoms with E-state index in [1.54, 1.807) is 6.33 Å². The summed E-state index contributed by atoms with van der Waals surface area (Å²) in [6.45, 7) is 4.17. The van der Waals surface area contributed by atoms with E-state index in [0.29, 0.717) is 17.3 Å². The Balaban J connectivity index is 1.93. The molecule has 0 spiro atoms. The van der Waals surface area contributed by atoms with Gasteiger partial charge in [0.15, 0.2) is 11.5 Å². The normalized spacial score (nSPS) is 22.9. The first-order chi connectivity index (χ1) is 10.1. The predicted octanol–water partition coefficient (Wildman–Crippen LogP) is 1.67. The third kappa shape index (κ3) is 2.65. The van der Waals surface area contributed by atoms with Gasteiger partial charge >= 0.3 is 0 Å². The van der Waals surface area contributed by atoms with Crippen molar-refractivity contribution in [1.82, 2.24) is 19.5 Å². The molecule has 3 rings (SSSR count). The number of anilines is 2. The third-order valence-corrected chi connectivity index (χ3v) is 4.14. The Morgan fingerprint density at radius 3 is 2.76 bits per heavy atom. The summed E-state index contributed by atoms with van der Waals surface area (Å²) in [5.74, 6) is 0.955. The van der Waals surface area contributed by atoms with Crippen LogP contribution in [-0.2, 0) is 0 Å². The summed E-state index contributed by atoms with van der Waals surface area (Å²) >= 11 is 0. The van der Waals surface area contributed by atoms with E-state index in [1.807, 2.05) is 4.57 Å². The Hall–Kier alpha value is -1.89.